The zero-order valence-corrected chi connectivity index (χ0v) is 31.1. The predicted octanol–water partition coefficient (Wildman–Crippen LogP) is 5.53. The van der Waals surface area contributed by atoms with Crippen molar-refractivity contribution in [3.63, 3.8) is 0 Å². The van der Waals surface area contributed by atoms with Gasteiger partial charge in [0.2, 0.25) is 27.9 Å². The first-order valence-electron chi connectivity index (χ1n) is 17.2. The second kappa shape index (κ2) is 13.7. The van der Waals surface area contributed by atoms with E-state index in [0.29, 0.717) is 15.1 Å². The first kappa shape index (κ1) is 39.5. The smallest absolute Gasteiger partial charge is 0.342 e. The fraction of sp³-hybridized carbons (Fsp3) is 0.361. The van der Waals surface area contributed by atoms with Gasteiger partial charge < -0.3 is 10.6 Å². The number of rotatable bonds is 10. The van der Waals surface area contributed by atoms with Crippen molar-refractivity contribution in [3.8, 4) is 11.1 Å². The van der Waals surface area contributed by atoms with Crippen LogP contribution in [0.5, 0.6) is 0 Å². The number of benzene rings is 2. The lowest BCUT2D eigenvalue weighted by atomic mass is 9.93. The first-order valence-corrected chi connectivity index (χ1v) is 19.1. The summed E-state index contributed by atoms with van der Waals surface area (Å²) in [6.45, 7) is 1.16. The quantitative estimate of drug-likeness (QED) is 0.157. The number of fused-ring (bicyclic) bond motifs is 3. The zero-order chi connectivity index (χ0) is 41.5. The molecule has 2 aromatic heterocycles. The van der Waals surface area contributed by atoms with E-state index in [0.717, 1.165) is 25.3 Å². The highest BCUT2D eigenvalue weighted by atomic mass is 32.2. The van der Waals surface area contributed by atoms with Crippen LogP contribution < -0.4 is 14.9 Å². The van der Waals surface area contributed by atoms with Gasteiger partial charge in [0.15, 0.2) is 5.82 Å². The number of amides is 3. The van der Waals surface area contributed by atoms with Gasteiger partial charge in [-0.25, -0.2) is 17.2 Å². The van der Waals surface area contributed by atoms with Crippen LogP contribution in [0.1, 0.15) is 37.6 Å². The monoisotopic (exact) mass is 821 g/mol. The number of azo groups is 2. The number of allylic oxidation sites excluding steroid dienone is 1. The van der Waals surface area contributed by atoms with Crippen LogP contribution in [0.2, 0.25) is 0 Å². The highest BCUT2D eigenvalue weighted by Gasteiger charge is 2.75. The number of anilines is 2. The molecule has 4 aromatic rings. The van der Waals surface area contributed by atoms with Crippen LogP contribution >= 0.6 is 0 Å². The Balaban J connectivity index is 1.36. The Kier molecular flexibility index (Phi) is 9.52. The number of carbonyl (C=O) groups excluding carboxylic acids is 3. The molecule has 4 atom stereocenters. The Labute approximate surface area is 319 Å². The molecule has 0 bridgehead atoms. The molecule has 0 saturated heterocycles. The average molecular weight is 822 g/mol. The molecule has 13 nitrogen and oxygen atoms in total. The third-order valence-corrected chi connectivity index (χ3v) is 11.0. The largest absolute Gasteiger partial charge is 0.420 e. The molecule has 21 heteroatoms. The Morgan fingerprint density at radius 3 is 2.37 bits per heavy atom. The van der Waals surface area contributed by atoms with Gasteiger partial charge in [-0.05, 0) is 53.7 Å². The summed E-state index contributed by atoms with van der Waals surface area (Å²) in [7, 11) is -2.74. The third kappa shape index (κ3) is 7.23. The molecule has 3 aliphatic rings. The lowest BCUT2D eigenvalue weighted by Crippen LogP contribution is -2.38. The summed E-state index contributed by atoms with van der Waals surface area (Å²) < 4.78 is 129. The zero-order valence-electron chi connectivity index (χ0n) is 30.3. The summed E-state index contributed by atoms with van der Waals surface area (Å²) in [6, 6.07) is 4.56. The van der Waals surface area contributed by atoms with Gasteiger partial charge >= 0.3 is 12.1 Å². The number of aromatic nitrogens is 3. The van der Waals surface area contributed by atoms with Gasteiger partial charge in [-0.3, -0.25) is 24.0 Å². The molecule has 2 aliphatic carbocycles. The first-order chi connectivity index (χ1) is 26.6. The second-order valence-electron chi connectivity index (χ2n) is 14.1. The van der Waals surface area contributed by atoms with Crippen molar-refractivity contribution in [1.82, 2.24) is 20.1 Å². The number of nitrogens with one attached hydrogen (secondary N) is 2. The number of nitrogens with zero attached hydrogens (tertiary/aromatic N) is 6. The third-order valence-electron chi connectivity index (χ3n) is 9.87. The molecule has 1 aliphatic heterocycles. The maximum Gasteiger partial charge on any atom is 0.420 e. The molecule has 0 radical (unpaired) electrons. The van der Waals surface area contributed by atoms with Crippen molar-refractivity contribution in [2.45, 2.75) is 50.9 Å². The summed E-state index contributed by atoms with van der Waals surface area (Å²) in [5.41, 5.74) is -0.878. The Hall–Kier alpha value is -5.73. The van der Waals surface area contributed by atoms with Gasteiger partial charge in [-0.2, -0.15) is 31.4 Å². The molecule has 1 unspecified atom stereocenters. The minimum absolute atomic E-state index is 0.0156. The highest BCUT2D eigenvalue weighted by Crippen LogP contribution is 2.66. The standard InChI is InChI=1S/C36H31F7N8O5S/c1-16(52)45-21-12-24(22-6-5-7-23-31(22)49(3)48-34(23)51(17(2)53)57(4,55)56)30(44-14-21)27(10-18-8-19(37)11-20(38)9-18)46-28(54)15-50-33-29(32(47-50)36(41,42)43)25-13-26(25)35(33,39)40/h5-9,11-12,14,25-27,32H,10,13,15H2,1-4H3,(H-,45,46,52,54)/p+1/t25-,26+,27-,32?/m0/s1. The molecule has 1 saturated carbocycles. The van der Waals surface area contributed by atoms with Crippen LogP contribution in [0.15, 0.2) is 65.0 Å². The maximum absolute atomic E-state index is 15.3. The summed E-state index contributed by atoms with van der Waals surface area (Å²) in [6.07, 6.45) is -3.54. The van der Waals surface area contributed by atoms with Crippen LogP contribution in [-0.2, 0) is 37.9 Å². The molecular weight excluding hydrogens is 789 g/mol. The lowest BCUT2D eigenvalue weighted by Gasteiger charge is -2.22. The SMILES string of the molecule is CC(=O)Nc1cnc([C@H](Cc2cc(F)cc(F)c2)NC(=O)C[N+]2=NC(C(F)(F)F)C3=C2C(F)(F)[C@@H]2C[C@H]32)c(-c2cccc3c(N(C(C)=O)S(C)(=O)=O)nn(C)c23)c1. The van der Waals surface area contributed by atoms with E-state index >= 15 is 8.78 Å². The fourth-order valence-electron chi connectivity index (χ4n) is 7.78. The second-order valence-corrected chi connectivity index (χ2v) is 16.0. The Morgan fingerprint density at radius 2 is 1.75 bits per heavy atom. The van der Waals surface area contributed by atoms with Crippen LogP contribution in [0.25, 0.3) is 22.0 Å². The normalized spacial score (nSPS) is 20.2. The summed E-state index contributed by atoms with van der Waals surface area (Å²) in [5.74, 6) is -10.7. The number of hydrogen-bond acceptors (Lipinski definition) is 8. The van der Waals surface area contributed by atoms with Crippen LogP contribution in [0.3, 0.4) is 0 Å². The fourth-order valence-corrected chi connectivity index (χ4v) is 8.70. The average Bonchev–Trinajstić information content (AvgIpc) is 3.61. The Morgan fingerprint density at radius 1 is 1.07 bits per heavy atom. The van der Waals surface area contributed by atoms with Gasteiger partial charge in [0.25, 0.3) is 18.1 Å². The van der Waals surface area contributed by atoms with Crippen molar-refractivity contribution in [2.24, 2.45) is 24.0 Å². The summed E-state index contributed by atoms with van der Waals surface area (Å²) in [4.78, 5) is 43.0. The van der Waals surface area contributed by atoms with Crippen molar-refractivity contribution < 1.29 is 58.2 Å². The van der Waals surface area contributed by atoms with E-state index in [-0.39, 0.29) is 51.2 Å². The van der Waals surface area contributed by atoms with E-state index in [2.05, 4.69) is 25.8 Å². The van der Waals surface area contributed by atoms with E-state index in [1.165, 1.54) is 43.0 Å². The van der Waals surface area contributed by atoms with E-state index in [1.54, 1.807) is 6.07 Å². The molecule has 2 N–H and O–H groups in total. The van der Waals surface area contributed by atoms with Gasteiger partial charge in [0, 0.05) is 55.0 Å². The number of sulfonamides is 1. The number of carbonyl (C=O) groups is 3. The number of halogens is 7. The minimum Gasteiger partial charge on any atom is -0.342 e. The number of pyridine rings is 1. The lowest BCUT2D eigenvalue weighted by molar-refractivity contribution is -0.549. The van der Waals surface area contributed by atoms with Crippen molar-refractivity contribution in [3.05, 3.63) is 82.8 Å². The number of alkyl halides is 5. The topological polar surface area (TPSA) is 159 Å². The molecule has 3 amide bonds. The van der Waals surface area contributed by atoms with E-state index < -0.39 is 99.6 Å². The van der Waals surface area contributed by atoms with E-state index in [1.807, 2.05) is 0 Å². The number of para-hydroxylation sites is 1. The van der Waals surface area contributed by atoms with E-state index in [9.17, 15) is 44.8 Å². The minimum atomic E-state index is -5.01. The molecule has 0 spiro atoms. The molecule has 1 fully saturated rings. The molecular formula is C36H32F7N8O5S+. The van der Waals surface area contributed by atoms with E-state index in [4.69, 9.17) is 0 Å². The Bertz CT molecular complexity index is 2550. The van der Waals surface area contributed by atoms with Crippen molar-refractivity contribution in [1.29, 1.82) is 0 Å². The van der Waals surface area contributed by atoms with Crippen LogP contribution in [0.4, 0.5) is 42.2 Å². The van der Waals surface area contributed by atoms with Gasteiger partial charge in [0.1, 0.15) is 11.6 Å². The van der Waals surface area contributed by atoms with Crippen molar-refractivity contribution in [2.75, 3.05) is 22.4 Å². The molecule has 3 heterocycles. The highest BCUT2D eigenvalue weighted by molar-refractivity contribution is 7.92. The molecule has 2 aromatic carbocycles. The summed E-state index contributed by atoms with van der Waals surface area (Å²) >= 11 is 0. The number of aryl methyl sites for hydroxylation is 1. The van der Waals surface area contributed by atoms with Gasteiger partial charge in [0.05, 0.1) is 35.4 Å². The van der Waals surface area contributed by atoms with Crippen LogP contribution in [0, 0.1) is 23.5 Å². The summed E-state index contributed by atoms with van der Waals surface area (Å²) in [5, 5.41) is 13.1. The maximum atomic E-state index is 15.3. The van der Waals surface area contributed by atoms with Gasteiger partial charge in [-0.15, -0.1) is 0 Å². The predicted molar refractivity (Wildman–Crippen MR) is 188 cm³/mol. The van der Waals surface area contributed by atoms with Crippen LogP contribution in [-0.4, -0.2) is 76.5 Å². The number of hydrogen-bond donors (Lipinski definition) is 2. The molecule has 57 heavy (non-hydrogen) atoms. The van der Waals surface area contributed by atoms with Gasteiger partial charge in [-0.1, -0.05) is 16.8 Å². The molecule has 7 rings (SSSR count). The molecule has 300 valence electrons. The van der Waals surface area contributed by atoms with Crippen molar-refractivity contribution >= 4 is 50.2 Å².